The summed E-state index contributed by atoms with van der Waals surface area (Å²) in [6, 6.07) is -0.868. The van der Waals surface area contributed by atoms with Crippen LogP contribution in [0.25, 0.3) is 0 Å². The lowest BCUT2D eigenvalue weighted by molar-refractivity contribution is -0.147. The molecule has 0 aromatic rings. The molecule has 0 aromatic carbocycles. The summed E-state index contributed by atoms with van der Waals surface area (Å²) in [5.74, 6) is -1.34. The van der Waals surface area contributed by atoms with Crippen molar-refractivity contribution in [1.82, 2.24) is 5.32 Å². The molecule has 0 saturated heterocycles. The monoisotopic (exact) mass is 606 g/mol. The highest BCUT2D eigenvalue weighted by Crippen LogP contribution is 2.15. The van der Waals surface area contributed by atoms with E-state index in [0.717, 1.165) is 51.4 Å². The quantitative estimate of drug-likeness (QED) is 0.0412. The number of aliphatic carboxylic acids is 1. The van der Waals surface area contributed by atoms with Gasteiger partial charge in [0.2, 0.25) is 5.91 Å². The Morgan fingerprint density at radius 2 is 1.26 bits per heavy atom. The number of hydrogen-bond donors (Lipinski definition) is 3. The van der Waals surface area contributed by atoms with Gasteiger partial charge in [-0.2, -0.15) is 0 Å². The second-order valence-corrected chi connectivity index (χ2v) is 11.9. The van der Waals surface area contributed by atoms with Gasteiger partial charge in [-0.15, -0.1) is 0 Å². The second kappa shape index (κ2) is 31.3. The van der Waals surface area contributed by atoms with E-state index in [4.69, 9.17) is 10.5 Å². The maximum atomic E-state index is 12.6. The molecule has 0 bridgehead atoms. The lowest BCUT2D eigenvalue weighted by Gasteiger charge is -2.15. The molecule has 250 valence electrons. The number of ether oxygens (including phenoxy) is 1. The zero-order valence-electron chi connectivity index (χ0n) is 27.8. The van der Waals surface area contributed by atoms with Crippen molar-refractivity contribution in [3.63, 3.8) is 0 Å². The number of allylic oxidation sites excluding steroid dienone is 3. The van der Waals surface area contributed by atoms with Crippen LogP contribution in [0, 0.1) is 0 Å². The van der Waals surface area contributed by atoms with E-state index in [-0.39, 0.29) is 18.0 Å². The summed E-state index contributed by atoms with van der Waals surface area (Å²) in [6.07, 6.45) is 32.3. The van der Waals surface area contributed by atoms with E-state index >= 15 is 0 Å². The number of hydrogen-bond acceptors (Lipinski definition) is 5. The minimum Gasteiger partial charge on any atom is -0.480 e. The van der Waals surface area contributed by atoms with Crippen LogP contribution in [-0.2, 0) is 19.1 Å². The molecule has 2 unspecified atom stereocenters. The Hall–Kier alpha value is -2.15. The molecule has 0 aromatic heterocycles. The Morgan fingerprint density at radius 1 is 0.674 bits per heavy atom. The van der Waals surface area contributed by atoms with Crippen LogP contribution in [0.3, 0.4) is 0 Å². The first-order valence-electron chi connectivity index (χ1n) is 17.7. The van der Waals surface area contributed by atoms with Crippen LogP contribution >= 0.6 is 0 Å². The van der Waals surface area contributed by atoms with Gasteiger partial charge in [0.15, 0.2) is 0 Å². The van der Waals surface area contributed by atoms with E-state index in [2.05, 4.69) is 43.5 Å². The lowest BCUT2D eigenvalue weighted by atomic mass is 10.1. The van der Waals surface area contributed by atoms with Crippen molar-refractivity contribution < 1.29 is 24.2 Å². The van der Waals surface area contributed by atoms with Crippen LogP contribution in [0.5, 0.6) is 0 Å². The topological polar surface area (TPSA) is 119 Å². The van der Waals surface area contributed by atoms with E-state index < -0.39 is 12.0 Å². The molecule has 7 heteroatoms. The Bertz CT molecular complexity index is 737. The van der Waals surface area contributed by atoms with Crippen molar-refractivity contribution >= 4 is 17.8 Å². The highest BCUT2D eigenvalue weighted by molar-refractivity contribution is 5.83. The first-order valence-corrected chi connectivity index (χ1v) is 17.7. The average molecular weight is 607 g/mol. The fourth-order valence-corrected chi connectivity index (χ4v) is 5.01. The van der Waals surface area contributed by atoms with Gasteiger partial charge in [0.25, 0.3) is 0 Å². The molecule has 7 nitrogen and oxygen atoms in total. The van der Waals surface area contributed by atoms with Gasteiger partial charge in [-0.25, -0.2) is 4.79 Å². The Labute approximate surface area is 263 Å². The number of carbonyl (C=O) groups excluding carboxylic acids is 2. The molecule has 0 aliphatic heterocycles. The number of carbonyl (C=O) groups is 3. The van der Waals surface area contributed by atoms with Crippen molar-refractivity contribution in [1.29, 1.82) is 0 Å². The molecule has 0 heterocycles. The molecule has 0 aliphatic carbocycles. The molecule has 0 saturated carbocycles. The van der Waals surface area contributed by atoms with Gasteiger partial charge in [-0.1, -0.05) is 103 Å². The second-order valence-electron chi connectivity index (χ2n) is 11.9. The van der Waals surface area contributed by atoms with Crippen LogP contribution < -0.4 is 11.1 Å². The molecule has 0 radical (unpaired) electrons. The first kappa shape index (κ1) is 40.9. The van der Waals surface area contributed by atoms with Crippen molar-refractivity contribution in [2.45, 2.75) is 180 Å². The number of carboxylic acid groups (broad SMARTS) is 1. The van der Waals surface area contributed by atoms with Crippen molar-refractivity contribution in [2.75, 3.05) is 6.54 Å². The summed E-state index contributed by atoms with van der Waals surface area (Å²) < 4.78 is 5.87. The maximum absolute atomic E-state index is 12.6. The van der Waals surface area contributed by atoms with Gasteiger partial charge in [-0.05, 0) is 83.2 Å². The van der Waals surface area contributed by atoms with E-state index in [1.54, 1.807) is 0 Å². The van der Waals surface area contributed by atoms with E-state index in [0.29, 0.717) is 38.6 Å². The van der Waals surface area contributed by atoms with Crippen molar-refractivity contribution in [2.24, 2.45) is 5.73 Å². The third-order valence-electron chi connectivity index (χ3n) is 7.70. The van der Waals surface area contributed by atoms with Crippen LogP contribution in [-0.4, -0.2) is 41.6 Å². The standard InChI is InChI=1S/C36H66N2O5/c1-3-5-7-9-11-13-14-16-18-24-30-35(40)43-32(26-21-17-15-12-10-8-6-4-2)27-22-19-20-23-29-34(39)38-33(36(41)42)28-25-31-37/h7,9,21,26,32-33H,3-6,8,10-20,22-25,27-31,37H2,1-2H3,(H,38,39)(H,41,42)/b9-7-,26-21-. The molecule has 1 amide bonds. The van der Waals surface area contributed by atoms with Gasteiger partial charge < -0.3 is 20.9 Å². The molecule has 0 aliphatic rings. The number of nitrogens with one attached hydrogen (secondary N) is 1. The maximum Gasteiger partial charge on any atom is 0.326 e. The van der Waals surface area contributed by atoms with Crippen LogP contribution in [0.1, 0.15) is 168 Å². The van der Waals surface area contributed by atoms with Gasteiger partial charge in [-0.3, -0.25) is 9.59 Å². The molecule has 0 fully saturated rings. The molecular weight excluding hydrogens is 540 g/mol. The number of unbranched alkanes of at least 4 members (excludes halogenated alkanes) is 15. The largest absolute Gasteiger partial charge is 0.480 e. The molecule has 43 heavy (non-hydrogen) atoms. The van der Waals surface area contributed by atoms with E-state index in [1.165, 1.54) is 70.6 Å². The summed E-state index contributed by atoms with van der Waals surface area (Å²) in [5, 5.41) is 11.9. The SMILES string of the molecule is CCC/C=C\CCCCCCCC(=O)OC(/C=C\CCCCCCCC)CCCCCCC(=O)NC(CCCN)C(=O)O. The summed E-state index contributed by atoms with van der Waals surface area (Å²) >= 11 is 0. The van der Waals surface area contributed by atoms with Crippen LogP contribution in [0.4, 0.5) is 0 Å². The summed E-state index contributed by atoms with van der Waals surface area (Å²) in [5.41, 5.74) is 5.46. The van der Waals surface area contributed by atoms with Crippen LogP contribution in [0.2, 0.25) is 0 Å². The first-order chi connectivity index (χ1) is 20.9. The molecule has 0 spiro atoms. The zero-order chi connectivity index (χ0) is 31.8. The Balaban J connectivity index is 4.39. The summed E-state index contributed by atoms with van der Waals surface area (Å²) in [6.45, 7) is 4.84. The summed E-state index contributed by atoms with van der Waals surface area (Å²) in [4.78, 5) is 36.1. The third-order valence-corrected chi connectivity index (χ3v) is 7.70. The number of carboxylic acids is 1. The van der Waals surface area contributed by atoms with Crippen molar-refractivity contribution in [3.8, 4) is 0 Å². The lowest BCUT2D eigenvalue weighted by Crippen LogP contribution is -2.40. The van der Waals surface area contributed by atoms with Gasteiger partial charge >= 0.3 is 11.9 Å². The van der Waals surface area contributed by atoms with Gasteiger partial charge in [0.1, 0.15) is 12.1 Å². The smallest absolute Gasteiger partial charge is 0.326 e. The number of rotatable bonds is 31. The number of esters is 1. The molecule has 4 N–H and O–H groups in total. The van der Waals surface area contributed by atoms with E-state index in [1.807, 2.05) is 0 Å². The predicted molar refractivity (Wildman–Crippen MR) is 179 cm³/mol. The average Bonchev–Trinajstić information content (AvgIpc) is 2.98. The molecular formula is C36H66N2O5. The van der Waals surface area contributed by atoms with Gasteiger partial charge in [0, 0.05) is 12.8 Å². The fourth-order valence-electron chi connectivity index (χ4n) is 5.01. The third kappa shape index (κ3) is 28.4. The molecule has 0 rings (SSSR count). The summed E-state index contributed by atoms with van der Waals surface area (Å²) in [7, 11) is 0. The fraction of sp³-hybridized carbons (Fsp3) is 0.806. The highest BCUT2D eigenvalue weighted by atomic mass is 16.5. The predicted octanol–water partition coefficient (Wildman–Crippen LogP) is 8.94. The Kier molecular flexibility index (Phi) is 29.7. The number of nitrogens with two attached hydrogens (primary N) is 1. The minimum absolute atomic E-state index is 0.101. The van der Waals surface area contributed by atoms with Crippen molar-refractivity contribution in [3.05, 3.63) is 24.3 Å². The van der Waals surface area contributed by atoms with Gasteiger partial charge in [0.05, 0.1) is 0 Å². The van der Waals surface area contributed by atoms with Crippen LogP contribution in [0.15, 0.2) is 24.3 Å². The highest BCUT2D eigenvalue weighted by Gasteiger charge is 2.19. The Morgan fingerprint density at radius 3 is 1.91 bits per heavy atom. The van der Waals surface area contributed by atoms with E-state index in [9.17, 15) is 19.5 Å². The number of amides is 1. The minimum atomic E-state index is -1.02. The normalized spacial score (nSPS) is 13.0. The zero-order valence-corrected chi connectivity index (χ0v) is 27.8. The molecule has 2 atom stereocenters.